The van der Waals surface area contributed by atoms with Crippen LogP contribution in [-0.2, 0) is 21.2 Å². The highest BCUT2D eigenvalue weighted by Crippen LogP contribution is 2.23. The first-order valence-electron chi connectivity index (χ1n) is 8.13. The Balaban J connectivity index is 1.76. The summed E-state index contributed by atoms with van der Waals surface area (Å²) in [5, 5.41) is 1.04. The molecule has 0 unspecified atom stereocenters. The number of nitrogens with zero attached hydrogens (tertiary/aromatic N) is 2. The predicted molar refractivity (Wildman–Crippen MR) is 105 cm³/mol. The van der Waals surface area contributed by atoms with E-state index in [-0.39, 0.29) is 12.3 Å². The van der Waals surface area contributed by atoms with Crippen molar-refractivity contribution in [3.8, 4) is 0 Å². The first-order valence-corrected chi connectivity index (χ1v) is 9.98. The fourth-order valence-corrected chi connectivity index (χ4v) is 3.29. The number of sulfonamides is 1. The summed E-state index contributed by atoms with van der Waals surface area (Å²) in [7, 11) is -0.100. The first-order chi connectivity index (χ1) is 12.3. The molecule has 0 bridgehead atoms. The fraction of sp³-hybridized carbons (Fsp3) is 0.211. The minimum Gasteiger partial charge on any atom is -0.361 e. The zero-order valence-corrected chi connectivity index (χ0v) is 15.7. The maximum Gasteiger partial charge on any atom is 0.231 e. The standard InChI is InChI=1S/C19H21N3O3S/c1-21(15-8-10-16(11-9-15)22(2)26(3,24)25)19(23)12-14-13-20-18-7-5-4-6-17(14)18/h4-11,13,20H,12H2,1-3H3. The van der Waals surface area contributed by atoms with Crippen molar-refractivity contribution in [2.24, 2.45) is 0 Å². The van der Waals surface area contributed by atoms with Crippen LogP contribution >= 0.6 is 0 Å². The lowest BCUT2D eigenvalue weighted by molar-refractivity contribution is -0.117. The smallest absolute Gasteiger partial charge is 0.231 e. The normalized spacial score (nSPS) is 11.5. The second-order valence-electron chi connectivity index (χ2n) is 6.24. The number of anilines is 2. The molecule has 1 N–H and O–H groups in total. The molecule has 0 atom stereocenters. The van der Waals surface area contributed by atoms with Gasteiger partial charge in [-0.1, -0.05) is 18.2 Å². The van der Waals surface area contributed by atoms with E-state index in [0.29, 0.717) is 11.4 Å². The second-order valence-corrected chi connectivity index (χ2v) is 8.25. The third-order valence-electron chi connectivity index (χ3n) is 4.49. The molecule has 0 radical (unpaired) electrons. The SMILES string of the molecule is CN(C(=O)Cc1c[nH]c2ccccc12)c1ccc(N(C)S(C)(=O)=O)cc1. The number of hydrogen-bond donors (Lipinski definition) is 1. The van der Waals surface area contributed by atoms with E-state index in [1.54, 1.807) is 36.2 Å². The van der Waals surface area contributed by atoms with Crippen LogP contribution in [0, 0.1) is 0 Å². The molecule has 1 heterocycles. The van der Waals surface area contributed by atoms with Gasteiger partial charge in [0, 0.05) is 36.9 Å². The molecule has 7 heteroatoms. The number of hydrogen-bond acceptors (Lipinski definition) is 3. The molecular weight excluding hydrogens is 350 g/mol. The lowest BCUT2D eigenvalue weighted by Gasteiger charge is -2.20. The highest BCUT2D eigenvalue weighted by atomic mass is 32.2. The number of likely N-dealkylation sites (N-methyl/N-ethyl adjacent to an activating group) is 1. The largest absolute Gasteiger partial charge is 0.361 e. The Bertz CT molecular complexity index is 1040. The third kappa shape index (κ3) is 3.57. The Kier molecular flexibility index (Phi) is 4.73. The van der Waals surface area contributed by atoms with Crippen LogP contribution < -0.4 is 9.21 Å². The molecule has 0 aliphatic heterocycles. The molecule has 0 saturated carbocycles. The van der Waals surface area contributed by atoms with Crippen LogP contribution in [0.2, 0.25) is 0 Å². The number of carbonyl (C=O) groups excluding carboxylic acids is 1. The molecule has 26 heavy (non-hydrogen) atoms. The number of para-hydroxylation sites is 1. The number of benzene rings is 2. The number of nitrogens with one attached hydrogen (secondary N) is 1. The number of aromatic amines is 1. The Hall–Kier alpha value is -2.80. The van der Waals surface area contributed by atoms with Crippen molar-refractivity contribution in [1.29, 1.82) is 0 Å². The summed E-state index contributed by atoms with van der Waals surface area (Å²) >= 11 is 0. The van der Waals surface area contributed by atoms with Gasteiger partial charge in [0.15, 0.2) is 0 Å². The topological polar surface area (TPSA) is 73.5 Å². The molecule has 1 amide bonds. The van der Waals surface area contributed by atoms with Crippen LogP contribution in [0.1, 0.15) is 5.56 Å². The number of amides is 1. The van der Waals surface area contributed by atoms with Gasteiger partial charge in [0.05, 0.1) is 18.4 Å². The summed E-state index contributed by atoms with van der Waals surface area (Å²) < 4.78 is 24.4. The van der Waals surface area contributed by atoms with E-state index in [9.17, 15) is 13.2 Å². The zero-order valence-electron chi connectivity index (χ0n) is 14.9. The van der Waals surface area contributed by atoms with Crippen LogP contribution in [-0.4, -0.2) is 39.7 Å². The molecular formula is C19H21N3O3S. The van der Waals surface area contributed by atoms with E-state index in [1.807, 2.05) is 30.5 Å². The van der Waals surface area contributed by atoms with Crippen molar-refractivity contribution in [3.63, 3.8) is 0 Å². The van der Waals surface area contributed by atoms with Gasteiger partial charge in [-0.05, 0) is 35.9 Å². The minimum atomic E-state index is -3.31. The van der Waals surface area contributed by atoms with Crippen LogP contribution in [0.3, 0.4) is 0 Å². The van der Waals surface area contributed by atoms with Crippen molar-refractivity contribution < 1.29 is 13.2 Å². The molecule has 0 aliphatic carbocycles. The molecule has 0 saturated heterocycles. The Morgan fingerprint density at radius 2 is 1.62 bits per heavy atom. The highest BCUT2D eigenvalue weighted by Gasteiger charge is 2.16. The molecule has 0 aliphatic rings. The zero-order chi connectivity index (χ0) is 18.9. The maximum absolute atomic E-state index is 12.6. The minimum absolute atomic E-state index is 0.0426. The summed E-state index contributed by atoms with van der Waals surface area (Å²) in [5.41, 5.74) is 3.21. The summed E-state index contributed by atoms with van der Waals surface area (Å²) in [6.45, 7) is 0. The number of fused-ring (bicyclic) bond motifs is 1. The van der Waals surface area contributed by atoms with E-state index >= 15 is 0 Å². The average Bonchev–Trinajstić information content (AvgIpc) is 3.03. The van der Waals surface area contributed by atoms with E-state index in [1.165, 1.54) is 11.4 Å². The van der Waals surface area contributed by atoms with Gasteiger partial charge < -0.3 is 9.88 Å². The van der Waals surface area contributed by atoms with Gasteiger partial charge in [0.25, 0.3) is 0 Å². The number of H-pyrrole nitrogens is 1. The quantitative estimate of drug-likeness (QED) is 0.749. The van der Waals surface area contributed by atoms with Gasteiger partial charge in [0.2, 0.25) is 15.9 Å². The molecule has 136 valence electrons. The van der Waals surface area contributed by atoms with Crippen molar-refractivity contribution in [1.82, 2.24) is 4.98 Å². The fourth-order valence-electron chi connectivity index (χ4n) is 2.78. The molecule has 1 aromatic heterocycles. The summed E-state index contributed by atoms with van der Waals surface area (Å²) in [5.74, 6) is -0.0426. The summed E-state index contributed by atoms with van der Waals surface area (Å²) in [6.07, 6.45) is 3.30. The maximum atomic E-state index is 12.6. The van der Waals surface area contributed by atoms with Crippen molar-refractivity contribution in [3.05, 3.63) is 60.3 Å². The lowest BCUT2D eigenvalue weighted by Crippen LogP contribution is -2.28. The highest BCUT2D eigenvalue weighted by molar-refractivity contribution is 7.92. The van der Waals surface area contributed by atoms with Crippen LogP contribution in [0.4, 0.5) is 11.4 Å². The number of rotatable bonds is 5. The van der Waals surface area contributed by atoms with E-state index in [0.717, 1.165) is 22.7 Å². The van der Waals surface area contributed by atoms with E-state index in [2.05, 4.69) is 4.98 Å². The van der Waals surface area contributed by atoms with E-state index < -0.39 is 10.0 Å². The van der Waals surface area contributed by atoms with Gasteiger partial charge in [-0.3, -0.25) is 9.10 Å². The van der Waals surface area contributed by atoms with Gasteiger partial charge in [-0.25, -0.2) is 8.42 Å². The van der Waals surface area contributed by atoms with Gasteiger partial charge in [-0.2, -0.15) is 0 Å². The van der Waals surface area contributed by atoms with E-state index in [4.69, 9.17) is 0 Å². The summed E-state index contributed by atoms with van der Waals surface area (Å²) in [6, 6.07) is 14.7. The van der Waals surface area contributed by atoms with Crippen LogP contribution in [0.15, 0.2) is 54.7 Å². The van der Waals surface area contributed by atoms with Gasteiger partial charge in [0.1, 0.15) is 0 Å². The van der Waals surface area contributed by atoms with Crippen LogP contribution in [0.25, 0.3) is 10.9 Å². The molecule has 6 nitrogen and oxygen atoms in total. The molecule has 3 aromatic rings. The lowest BCUT2D eigenvalue weighted by atomic mass is 10.1. The van der Waals surface area contributed by atoms with Gasteiger partial charge >= 0.3 is 0 Å². The Morgan fingerprint density at radius 3 is 2.27 bits per heavy atom. The van der Waals surface area contributed by atoms with Crippen molar-refractivity contribution in [2.75, 3.05) is 29.6 Å². The van der Waals surface area contributed by atoms with Crippen LogP contribution in [0.5, 0.6) is 0 Å². The molecule has 0 spiro atoms. The summed E-state index contributed by atoms with van der Waals surface area (Å²) in [4.78, 5) is 17.4. The van der Waals surface area contributed by atoms with Crippen molar-refractivity contribution >= 4 is 38.2 Å². The van der Waals surface area contributed by atoms with Gasteiger partial charge in [-0.15, -0.1) is 0 Å². The third-order valence-corrected chi connectivity index (χ3v) is 5.69. The molecule has 2 aromatic carbocycles. The molecule has 0 fully saturated rings. The Morgan fingerprint density at radius 1 is 1.00 bits per heavy atom. The predicted octanol–water partition coefficient (Wildman–Crippen LogP) is 2.77. The van der Waals surface area contributed by atoms with Crippen molar-refractivity contribution in [2.45, 2.75) is 6.42 Å². The molecule has 3 rings (SSSR count). The second kappa shape index (κ2) is 6.84. The first kappa shape index (κ1) is 18.0. The number of aromatic nitrogens is 1. The Labute approximate surface area is 153 Å². The monoisotopic (exact) mass is 371 g/mol. The number of carbonyl (C=O) groups is 1. The average molecular weight is 371 g/mol.